The fourth-order valence-electron chi connectivity index (χ4n) is 2.44. The number of hydrogen-bond donors (Lipinski definition) is 1. The van der Waals surface area contributed by atoms with Crippen LogP contribution in [0.2, 0.25) is 0 Å². The predicted octanol–water partition coefficient (Wildman–Crippen LogP) is 0.560. The predicted molar refractivity (Wildman–Crippen MR) is 88.3 cm³/mol. The summed E-state index contributed by atoms with van der Waals surface area (Å²) in [6, 6.07) is -0.657. The van der Waals surface area contributed by atoms with Gasteiger partial charge in [0.25, 0.3) is 5.91 Å². The monoisotopic (exact) mass is 340 g/mol. The molecule has 1 saturated heterocycles. The highest BCUT2D eigenvalue weighted by atomic mass is 16.5. The van der Waals surface area contributed by atoms with E-state index in [1.54, 1.807) is 19.0 Å². The summed E-state index contributed by atoms with van der Waals surface area (Å²) in [6.07, 6.45) is 0.363. The third-order valence-electron chi connectivity index (χ3n) is 3.84. The van der Waals surface area contributed by atoms with Gasteiger partial charge in [-0.3, -0.25) is 24.1 Å². The van der Waals surface area contributed by atoms with Gasteiger partial charge < -0.3 is 10.1 Å². The molecule has 1 aliphatic heterocycles. The molecule has 1 fully saturated rings. The highest BCUT2D eigenvalue weighted by molar-refractivity contribution is 6.37. The van der Waals surface area contributed by atoms with Gasteiger partial charge in [0, 0.05) is 18.9 Å². The molecule has 1 N–H and O–H groups in total. The van der Waals surface area contributed by atoms with E-state index in [1.807, 2.05) is 20.8 Å². The minimum atomic E-state index is -0.657. The normalized spacial score (nSPS) is 19.8. The van der Waals surface area contributed by atoms with Crippen LogP contribution in [0.15, 0.2) is 0 Å². The number of nitrogens with one attached hydrogen (secondary N) is 1. The summed E-state index contributed by atoms with van der Waals surface area (Å²) in [5.41, 5.74) is -0.144. The van der Waals surface area contributed by atoms with Crippen molar-refractivity contribution < 1.29 is 23.9 Å². The van der Waals surface area contributed by atoms with Crippen LogP contribution in [0, 0.1) is 11.3 Å². The van der Waals surface area contributed by atoms with Gasteiger partial charge >= 0.3 is 5.97 Å². The maximum absolute atomic E-state index is 12.5. The van der Waals surface area contributed by atoms with Crippen LogP contribution in [0.4, 0.5) is 0 Å². The molecule has 1 heterocycles. The summed E-state index contributed by atoms with van der Waals surface area (Å²) in [4.78, 5) is 49.3. The van der Waals surface area contributed by atoms with E-state index in [4.69, 9.17) is 4.74 Å². The lowest BCUT2D eigenvalue weighted by molar-refractivity contribution is -0.149. The van der Waals surface area contributed by atoms with Crippen LogP contribution in [0.5, 0.6) is 0 Å². The SMILES string of the molecule is CN(C)C(CC(=O)OCC(C)(C)C)C(=O)CC1CCNC(=O)C1=O. The van der Waals surface area contributed by atoms with Gasteiger partial charge in [0.2, 0.25) is 5.78 Å². The zero-order valence-corrected chi connectivity index (χ0v) is 15.2. The van der Waals surface area contributed by atoms with Crippen LogP contribution >= 0.6 is 0 Å². The fourth-order valence-corrected chi connectivity index (χ4v) is 2.44. The third-order valence-corrected chi connectivity index (χ3v) is 3.84. The minimum absolute atomic E-state index is 0.0261. The Labute approximate surface area is 143 Å². The Morgan fingerprint density at radius 1 is 1.29 bits per heavy atom. The van der Waals surface area contributed by atoms with Gasteiger partial charge in [-0.1, -0.05) is 20.8 Å². The molecule has 0 bridgehead atoms. The Balaban J connectivity index is 2.63. The van der Waals surface area contributed by atoms with Crippen LogP contribution in [0.3, 0.4) is 0 Å². The fraction of sp³-hybridized carbons (Fsp3) is 0.765. The minimum Gasteiger partial charge on any atom is -0.465 e. The molecule has 0 spiro atoms. The van der Waals surface area contributed by atoms with Crippen molar-refractivity contribution in [3.05, 3.63) is 0 Å². The molecule has 1 amide bonds. The summed E-state index contributed by atoms with van der Waals surface area (Å²) in [5.74, 6) is -2.45. The van der Waals surface area contributed by atoms with Crippen molar-refractivity contribution >= 4 is 23.4 Å². The largest absolute Gasteiger partial charge is 0.465 e. The molecule has 0 saturated carbocycles. The number of nitrogens with zero attached hydrogens (tertiary/aromatic N) is 1. The summed E-state index contributed by atoms with van der Waals surface area (Å²) in [7, 11) is 3.41. The number of Topliss-reactive ketones (excluding diaryl/α,β-unsaturated/α-hetero) is 2. The molecular weight excluding hydrogens is 312 g/mol. The number of likely N-dealkylation sites (N-methyl/N-ethyl adjacent to an activating group) is 1. The van der Waals surface area contributed by atoms with E-state index in [9.17, 15) is 19.2 Å². The second kappa shape index (κ2) is 8.37. The van der Waals surface area contributed by atoms with Gasteiger partial charge in [-0.15, -0.1) is 0 Å². The zero-order chi connectivity index (χ0) is 18.5. The van der Waals surface area contributed by atoms with Crippen LogP contribution in [-0.4, -0.2) is 61.6 Å². The summed E-state index contributed by atoms with van der Waals surface area (Å²) < 4.78 is 5.22. The molecule has 0 aromatic rings. The lowest BCUT2D eigenvalue weighted by atomic mass is 9.88. The van der Waals surface area contributed by atoms with Gasteiger partial charge in [-0.2, -0.15) is 0 Å². The first kappa shape index (κ1) is 20.3. The molecule has 1 rings (SSSR count). The second-order valence-electron chi connectivity index (χ2n) is 7.68. The van der Waals surface area contributed by atoms with Gasteiger partial charge in [-0.25, -0.2) is 0 Å². The van der Waals surface area contributed by atoms with Crippen molar-refractivity contribution in [2.24, 2.45) is 11.3 Å². The number of amides is 1. The topological polar surface area (TPSA) is 92.8 Å². The molecule has 1 aliphatic rings. The first-order chi connectivity index (χ1) is 11.0. The van der Waals surface area contributed by atoms with Crippen molar-refractivity contribution in [3.8, 4) is 0 Å². The first-order valence-electron chi connectivity index (χ1n) is 8.18. The third kappa shape index (κ3) is 6.39. The van der Waals surface area contributed by atoms with E-state index in [1.165, 1.54) is 0 Å². The van der Waals surface area contributed by atoms with Crippen LogP contribution in [0.1, 0.15) is 40.0 Å². The second-order valence-corrected chi connectivity index (χ2v) is 7.68. The molecule has 2 atom stereocenters. The number of piperidine rings is 1. The van der Waals surface area contributed by atoms with Crippen molar-refractivity contribution in [1.29, 1.82) is 0 Å². The van der Waals surface area contributed by atoms with Crippen molar-refractivity contribution in [1.82, 2.24) is 10.2 Å². The van der Waals surface area contributed by atoms with Crippen molar-refractivity contribution in [2.45, 2.75) is 46.1 Å². The summed E-state index contributed by atoms with van der Waals surface area (Å²) >= 11 is 0. The van der Waals surface area contributed by atoms with E-state index in [0.717, 1.165) is 0 Å². The molecule has 0 radical (unpaired) electrons. The van der Waals surface area contributed by atoms with E-state index >= 15 is 0 Å². The maximum atomic E-state index is 12.5. The number of esters is 1. The van der Waals surface area contributed by atoms with Gasteiger partial charge in [-0.05, 0) is 25.9 Å². The van der Waals surface area contributed by atoms with Crippen molar-refractivity contribution in [2.75, 3.05) is 27.2 Å². The Morgan fingerprint density at radius 2 is 1.92 bits per heavy atom. The number of rotatable bonds is 7. The maximum Gasteiger partial charge on any atom is 0.307 e. The highest BCUT2D eigenvalue weighted by Crippen LogP contribution is 2.18. The highest BCUT2D eigenvalue weighted by Gasteiger charge is 2.34. The smallest absolute Gasteiger partial charge is 0.307 e. The van der Waals surface area contributed by atoms with Crippen LogP contribution in [-0.2, 0) is 23.9 Å². The molecule has 7 nitrogen and oxygen atoms in total. The zero-order valence-electron chi connectivity index (χ0n) is 15.2. The average Bonchev–Trinajstić information content (AvgIpc) is 2.46. The first-order valence-corrected chi connectivity index (χ1v) is 8.18. The van der Waals surface area contributed by atoms with Gasteiger partial charge in [0.1, 0.15) is 0 Å². The molecule has 2 unspecified atom stereocenters. The van der Waals surface area contributed by atoms with E-state index in [0.29, 0.717) is 13.0 Å². The Hall–Kier alpha value is -1.76. The Bertz CT molecular complexity index is 508. The average molecular weight is 340 g/mol. The lowest BCUT2D eigenvalue weighted by Gasteiger charge is -2.26. The van der Waals surface area contributed by atoms with Crippen molar-refractivity contribution in [3.63, 3.8) is 0 Å². The molecule has 24 heavy (non-hydrogen) atoms. The number of ether oxygens (including phenoxy) is 1. The summed E-state index contributed by atoms with van der Waals surface area (Å²) in [5, 5.41) is 2.47. The standard InChI is InChI=1S/C17H28N2O5/c1-17(2,3)10-24-14(21)9-12(19(4)5)13(20)8-11-6-7-18-16(23)15(11)22/h11-12H,6-10H2,1-5H3,(H,18,23). The molecule has 136 valence electrons. The number of carbonyl (C=O) groups is 4. The molecule has 7 heteroatoms. The molecule has 0 aliphatic carbocycles. The Morgan fingerprint density at radius 3 is 2.46 bits per heavy atom. The van der Waals surface area contributed by atoms with Crippen LogP contribution < -0.4 is 5.32 Å². The van der Waals surface area contributed by atoms with Gasteiger partial charge in [0.15, 0.2) is 5.78 Å². The number of ketones is 2. The molecule has 0 aromatic carbocycles. The summed E-state index contributed by atoms with van der Waals surface area (Å²) in [6.45, 7) is 6.53. The number of hydrogen-bond acceptors (Lipinski definition) is 6. The quantitative estimate of drug-likeness (QED) is 0.538. The Kier molecular flexibility index (Phi) is 7.08. The van der Waals surface area contributed by atoms with E-state index < -0.39 is 29.6 Å². The molecule has 0 aromatic heterocycles. The molecular formula is C17H28N2O5. The van der Waals surface area contributed by atoms with E-state index in [-0.39, 0.29) is 30.6 Å². The van der Waals surface area contributed by atoms with E-state index in [2.05, 4.69) is 5.32 Å². The van der Waals surface area contributed by atoms with Crippen LogP contribution in [0.25, 0.3) is 0 Å². The lowest BCUT2D eigenvalue weighted by Crippen LogP contribution is -2.45. The van der Waals surface area contributed by atoms with Gasteiger partial charge in [0.05, 0.1) is 19.1 Å². The number of carbonyl (C=O) groups excluding carboxylic acids is 4.